The lowest BCUT2D eigenvalue weighted by atomic mass is 10.1. The van der Waals surface area contributed by atoms with E-state index in [4.69, 9.17) is 0 Å². The van der Waals surface area contributed by atoms with Crippen LogP contribution in [0, 0.1) is 0 Å². The number of hydrogen-bond acceptors (Lipinski definition) is 2. The van der Waals surface area contributed by atoms with Crippen LogP contribution >= 0.6 is 0 Å². The molecule has 1 rings (SSSR count). The van der Waals surface area contributed by atoms with Crippen LogP contribution in [-0.2, 0) is 11.3 Å². The number of hydrogen-bond donors (Lipinski definition) is 1. The summed E-state index contributed by atoms with van der Waals surface area (Å²) in [5.74, 6) is 0. The molecule has 1 aromatic rings. The van der Waals surface area contributed by atoms with Gasteiger partial charge >= 0.3 is 0 Å². The van der Waals surface area contributed by atoms with E-state index in [1.54, 1.807) is 18.2 Å². The van der Waals surface area contributed by atoms with Crippen LogP contribution in [0.4, 0.5) is 0 Å². The van der Waals surface area contributed by atoms with Crippen molar-refractivity contribution in [2.45, 2.75) is 6.54 Å². The van der Waals surface area contributed by atoms with E-state index in [-0.39, 0.29) is 0 Å². The Morgan fingerprint density at radius 1 is 1.25 bits per heavy atom. The number of carbonyl (C=O) groups excluding carboxylic acids is 2. The van der Waals surface area contributed by atoms with Crippen molar-refractivity contribution in [3.05, 3.63) is 35.4 Å². The van der Waals surface area contributed by atoms with E-state index in [1.807, 2.05) is 6.07 Å². The molecule has 12 heavy (non-hydrogen) atoms. The molecule has 1 N–H and O–H groups in total. The summed E-state index contributed by atoms with van der Waals surface area (Å²) < 4.78 is 0. The van der Waals surface area contributed by atoms with E-state index >= 15 is 0 Å². The van der Waals surface area contributed by atoms with Crippen LogP contribution in [0.5, 0.6) is 0 Å². The van der Waals surface area contributed by atoms with Crippen LogP contribution in [0.2, 0.25) is 0 Å². The molecule has 1 amide bonds. The van der Waals surface area contributed by atoms with Gasteiger partial charge in [0.2, 0.25) is 6.41 Å². The number of carbonyl (C=O) groups is 2. The molecule has 0 heterocycles. The maximum Gasteiger partial charge on any atom is 0.207 e. The van der Waals surface area contributed by atoms with Crippen LogP contribution in [0.3, 0.4) is 0 Å². The standard InChI is InChI=1S/C9H9NO2/c11-6-9-4-2-1-3-8(9)5-10-7-12/h1-4,6-7H,5H2,(H,10,12). The second-order valence-corrected chi connectivity index (χ2v) is 2.32. The number of aldehydes is 1. The Morgan fingerprint density at radius 3 is 2.67 bits per heavy atom. The molecule has 3 nitrogen and oxygen atoms in total. The van der Waals surface area contributed by atoms with Gasteiger partial charge in [0.25, 0.3) is 0 Å². The Bertz CT molecular complexity index is 284. The van der Waals surface area contributed by atoms with Gasteiger partial charge in [-0.15, -0.1) is 0 Å². The Morgan fingerprint density at radius 2 is 2.00 bits per heavy atom. The van der Waals surface area contributed by atoms with Crippen LogP contribution in [0.15, 0.2) is 24.3 Å². The lowest BCUT2D eigenvalue weighted by Gasteiger charge is -2.01. The summed E-state index contributed by atoms with van der Waals surface area (Å²) in [6, 6.07) is 7.14. The Balaban J connectivity index is 2.81. The summed E-state index contributed by atoms with van der Waals surface area (Å²) in [5, 5.41) is 2.50. The Kier molecular flexibility index (Phi) is 3.02. The predicted molar refractivity (Wildman–Crippen MR) is 44.7 cm³/mol. The first-order valence-corrected chi connectivity index (χ1v) is 3.58. The number of amides is 1. The maximum absolute atomic E-state index is 10.5. The first-order valence-electron chi connectivity index (χ1n) is 3.58. The van der Waals surface area contributed by atoms with Gasteiger partial charge in [0.15, 0.2) is 0 Å². The minimum absolute atomic E-state index is 0.401. The fourth-order valence-corrected chi connectivity index (χ4v) is 0.962. The summed E-state index contributed by atoms with van der Waals surface area (Å²) in [7, 11) is 0. The SMILES string of the molecule is O=CNCc1ccccc1C=O. The largest absolute Gasteiger partial charge is 0.355 e. The highest BCUT2D eigenvalue weighted by molar-refractivity contribution is 5.77. The summed E-state index contributed by atoms with van der Waals surface area (Å²) in [6.45, 7) is 0.401. The predicted octanol–water partition coefficient (Wildman–Crippen LogP) is 0.745. The van der Waals surface area contributed by atoms with Crippen molar-refractivity contribution >= 4 is 12.7 Å². The second-order valence-electron chi connectivity index (χ2n) is 2.32. The average Bonchev–Trinajstić information content (AvgIpc) is 2.15. The molecule has 0 fully saturated rings. The highest BCUT2D eigenvalue weighted by Gasteiger charge is 1.97. The molecular formula is C9H9NO2. The van der Waals surface area contributed by atoms with Crippen molar-refractivity contribution in [3.63, 3.8) is 0 Å². The van der Waals surface area contributed by atoms with Crippen molar-refractivity contribution in [3.8, 4) is 0 Å². The first kappa shape index (κ1) is 8.46. The molecule has 0 aliphatic heterocycles. The molecule has 0 unspecified atom stereocenters. The molecular weight excluding hydrogens is 154 g/mol. The van der Waals surface area contributed by atoms with E-state index in [0.29, 0.717) is 18.5 Å². The molecule has 0 saturated heterocycles. The molecule has 0 aliphatic rings. The zero-order valence-electron chi connectivity index (χ0n) is 6.49. The van der Waals surface area contributed by atoms with Crippen molar-refractivity contribution in [1.82, 2.24) is 5.32 Å². The third-order valence-electron chi connectivity index (χ3n) is 1.56. The highest BCUT2D eigenvalue weighted by atomic mass is 16.1. The minimum atomic E-state index is 0.401. The summed E-state index contributed by atoms with van der Waals surface area (Å²) in [4.78, 5) is 20.5. The summed E-state index contributed by atoms with van der Waals surface area (Å²) >= 11 is 0. The quantitative estimate of drug-likeness (QED) is 0.665. The molecule has 3 heteroatoms. The molecule has 1 aromatic carbocycles. The topological polar surface area (TPSA) is 46.2 Å². The molecule has 0 saturated carbocycles. The Hall–Kier alpha value is -1.64. The van der Waals surface area contributed by atoms with Gasteiger partial charge in [0, 0.05) is 12.1 Å². The number of nitrogens with one attached hydrogen (secondary N) is 1. The van der Waals surface area contributed by atoms with Gasteiger partial charge in [0.05, 0.1) is 0 Å². The number of benzene rings is 1. The molecule has 0 bridgehead atoms. The molecule has 62 valence electrons. The first-order chi connectivity index (χ1) is 5.88. The van der Waals surface area contributed by atoms with E-state index in [9.17, 15) is 9.59 Å². The fourth-order valence-electron chi connectivity index (χ4n) is 0.962. The van der Waals surface area contributed by atoms with Crippen molar-refractivity contribution in [1.29, 1.82) is 0 Å². The number of rotatable bonds is 4. The fraction of sp³-hybridized carbons (Fsp3) is 0.111. The second kappa shape index (κ2) is 4.28. The third-order valence-corrected chi connectivity index (χ3v) is 1.56. The van der Waals surface area contributed by atoms with Crippen molar-refractivity contribution in [2.24, 2.45) is 0 Å². The normalized spacial score (nSPS) is 9.00. The summed E-state index contributed by atoms with van der Waals surface area (Å²) in [6.07, 6.45) is 1.39. The zero-order chi connectivity index (χ0) is 8.81. The molecule has 0 aliphatic carbocycles. The minimum Gasteiger partial charge on any atom is -0.355 e. The lowest BCUT2D eigenvalue weighted by Crippen LogP contribution is -2.11. The van der Waals surface area contributed by atoms with Crippen molar-refractivity contribution in [2.75, 3.05) is 0 Å². The van der Waals surface area contributed by atoms with Gasteiger partial charge in [-0.1, -0.05) is 24.3 Å². The smallest absolute Gasteiger partial charge is 0.207 e. The van der Waals surface area contributed by atoms with Crippen LogP contribution in [0.25, 0.3) is 0 Å². The van der Waals surface area contributed by atoms with E-state index in [1.165, 1.54) is 0 Å². The third kappa shape index (κ3) is 1.92. The van der Waals surface area contributed by atoms with Gasteiger partial charge in [-0.3, -0.25) is 9.59 Å². The van der Waals surface area contributed by atoms with Gasteiger partial charge < -0.3 is 5.32 Å². The van der Waals surface area contributed by atoms with E-state index < -0.39 is 0 Å². The summed E-state index contributed by atoms with van der Waals surface area (Å²) in [5.41, 5.74) is 1.45. The lowest BCUT2D eigenvalue weighted by molar-refractivity contribution is -0.109. The van der Waals surface area contributed by atoms with Gasteiger partial charge in [-0.2, -0.15) is 0 Å². The molecule has 0 aromatic heterocycles. The van der Waals surface area contributed by atoms with Crippen LogP contribution in [0.1, 0.15) is 15.9 Å². The average molecular weight is 163 g/mol. The molecule has 0 spiro atoms. The van der Waals surface area contributed by atoms with Gasteiger partial charge in [0.1, 0.15) is 6.29 Å². The van der Waals surface area contributed by atoms with Crippen molar-refractivity contribution < 1.29 is 9.59 Å². The van der Waals surface area contributed by atoms with Crippen LogP contribution in [-0.4, -0.2) is 12.7 Å². The van der Waals surface area contributed by atoms with Crippen LogP contribution < -0.4 is 5.32 Å². The monoisotopic (exact) mass is 163 g/mol. The molecule has 0 atom stereocenters. The van der Waals surface area contributed by atoms with E-state index in [2.05, 4.69) is 5.32 Å². The van der Waals surface area contributed by atoms with Gasteiger partial charge in [-0.25, -0.2) is 0 Å². The maximum atomic E-state index is 10.5. The molecule has 0 radical (unpaired) electrons. The Labute approximate surface area is 70.4 Å². The highest BCUT2D eigenvalue weighted by Crippen LogP contribution is 2.04. The zero-order valence-corrected chi connectivity index (χ0v) is 6.49. The van der Waals surface area contributed by atoms with Gasteiger partial charge in [-0.05, 0) is 5.56 Å². The van der Waals surface area contributed by atoms with E-state index in [0.717, 1.165) is 11.8 Å².